The fraction of sp³-hybridized carbons (Fsp3) is 0.625. The van der Waals surface area contributed by atoms with Crippen LogP contribution in [0.25, 0.3) is 0 Å². The number of likely N-dealkylation sites (tertiary alicyclic amines) is 1. The second-order valence-electron chi connectivity index (χ2n) is 5.94. The Hall–Kier alpha value is 0.1000. The smallest absolute Gasteiger partial charge is 0.0391 e. The summed E-state index contributed by atoms with van der Waals surface area (Å²) in [5, 5.41) is 0. The van der Waals surface area contributed by atoms with Crippen molar-refractivity contribution < 1.29 is 0 Å². The monoisotopic (exact) mass is 402 g/mol. The van der Waals surface area contributed by atoms with Gasteiger partial charge >= 0.3 is 0 Å². The zero-order valence-corrected chi connectivity index (χ0v) is 15.5. The van der Waals surface area contributed by atoms with Gasteiger partial charge in [0, 0.05) is 21.0 Å². The third-order valence-corrected chi connectivity index (χ3v) is 6.18. The molecule has 0 saturated carbocycles. The summed E-state index contributed by atoms with van der Waals surface area (Å²) in [5.74, 6) is 0.549. The van der Waals surface area contributed by atoms with E-state index in [1.54, 1.807) is 0 Å². The van der Waals surface area contributed by atoms with Gasteiger partial charge in [-0.05, 0) is 95.3 Å². The molecule has 2 atom stereocenters. The zero-order valence-electron chi connectivity index (χ0n) is 12.3. The first-order chi connectivity index (χ1) is 9.54. The predicted octanol–water partition coefficient (Wildman–Crippen LogP) is 4.72. The minimum atomic E-state index is 0.437. The molecule has 0 radical (unpaired) electrons. The van der Waals surface area contributed by atoms with Crippen LogP contribution < -0.4 is 5.73 Å². The molecule has 4 heteroatoms. The highest BCUT2D eigenvalue weighted by molar-refractivity contribution is 9.13. The average Bonchev–Trinajstić information content (AvgIpc) is 2.64. The van der Waals surface area contributed by atoms with E-state index in [1.165, 1.54) is 31.4 Å². The highest BCUT2D eigenvalue weighted by Crippen LogP contribution is 2.38. The van der Waals surface area contributed by atoms with E-state index in [4.69, 9.17) is 5.73 Å². The molecule has 1 fully saturated rings. The lowest BCUT2D eigenvalue weighted by atomic mass is 9.88. The molecule has 112 valence electrons. The minimum Gasteiger partial charge on any atom is -0.330 e. The Morgan fingerprint density at radius 3 is 2.60 bits per heavy atom. The van der Waals surface area contributed by atoms with Crippen LogP contribution in [0.4, 0.5) is 0 Å². The van der Waals surface area contributed by atoms with Gasteiger partial charge in [0.15, 0.2) is 0 Å². The molecule has 0 spiro atoms. The van der Waals surface area contributed by atoms with Gasteiger partial charge in [-0.2, -0.15) is 0 Å². The predicted molar refractivity (Wildman–Crippen MR) is 92.8 cm³/mol. The van der Waals surface area contributed by atoms with Crippen LogP contribution in [0, 0.1) is 5.92 Å². The molecular weight excluding hydrogens is 380 g/mol. The molecule has 0 aliphatic carbocycles. The van der Waals surface area contributed by atoms with E-state index in [0.717, 1.165) is 15.5 Å². The van der Waals surface area contributed by atoms with Crippen LogP contribution in [0.1, 0.15) is 44.7 Å². The van der Waals surface area contributed by atoms with Crippen LogP contribution in [-0.2, 0) is 0 Å². The number of nitrogens with two attached hydrogens (primary N) is 1. The maximum atomic E-state index is 6.08. The summed E-state index contributed by atoms with van der Waals surface area (Å²) in [4.78, 5) is 2.63. The molecular formula is C16H24Br2N2. The van der Waals surface area contributed by atoms with Crippen LogP contribution in [0.3, 0.4) is 0 Å². The van der Waals surface area contributed by atoms with Gasteiger partial charge in [0.05, 0.1) is 0 Å². The molecule has 1 aromatic carbocycles. The molecule has 1 aromatic rings. The molecule has 2 rings (SSSR count). The largest absolute Gasteiger partial charge is 0.330 e. The summed E-state index contributed by atoms with van der Waals surface area (Å²) in [7, 11) is 0. The summed E-state index contributed by atoms with van der Waals surface area (Å²) in [6, 6.07) is 7.61. The summed E-state index contributed by atoms with van der Waals surface area (Å²) < 4.78 is 2.23. The quantitative estimate of drug-likeness (QED) is 0.790. The van der Waals surface area contributed by atoms with Gasteiger partial charge in [-0.1, -0.05) is 12.5 Å². The van der Waals surface area contributed by atoms with Crippen molar-refractivity contribution in [3.05, 3.63) is 32.7 Å². The highest BCUT2D eigenvalue weighted by Gasteiger charge is 2.31. The third kappa shape index (κ3) is 3.65. The lowest BCUT2D eigenvalue weighted by molar-refractivity contribution is 0.121. The average molecular weight is 404 g/mol. The standard InChI is InChI=1S/C16H24Br2N2/c1-11(2)20-8-4-3-5-13(10-19)16(20)12-6-7-14(17)15(18)9-12/h6-7,9,11,13,16H,3-5,8,10,19H2,1-2H3. The first kappa shape index (κ1) is 16.5. The molecule has 1 aliphatic heterocycles. The van der Waals surface area contributed by atoms with Crippen molar-refractivity contribution in [3.63, 3.8) is 0 Å². The van der Waals surface area contributed by atoms with Gasteiger partial charge in [-0.15, -0.1) is 0 Å². The van der Waals surface area contributed by atoms with Gasteiger partial charge in [0.25, 0.3) is 0 Å². The fourth-order valence-corrected chi connectivity index (χ4v) is 3.90. The summed E-state index contributed by atoms with van der Waals surface area (Å²) in [6.07, 6.45) is 3.81. The van der Waals surface area contributed by atoms with Crippen LogP contribution in [0.5, 0.6) is 0 Å². The molecule has 2 nitrogen and oxygen atoms in total. The van der Waals surface area contributed by atoms with E-state index in [1.807, 2.05) is 0 Å². The van der Waals surface area contributed by atoms with Crippen molar-refractivity contribution in [2.24, 2.45) is 11.7 Å². The minimum absolute atomic E-state index is 0.437. The molecule has 1 saturated heterocycles. The SMILES string of the molecule is CC(C)N1CCCCC(CN)C1c1ccc(Br)c(Br)c1. The fourth-order valence-electron chi connectivity index (χ4n) is 3.25. The number of halogens is 2. The Morgan fingerprint density at radius 2 is 2.00 bits per heavy atom. The second kappa shape index (κ2) is 7.39. The Labute approximate surface area is 139 Å². The number of nitrogens with zero attached hydrogens (tertiary/aromatic N) is 1. The molecule has 1 heterocycles. The Morgan fingerprint density at radius 1 is 1.25 bits per heavy atom. The Kier molecular flexibility index (Phi) is 6.09. The molecule has 0 amide bonds. The Balaban J connectivity index is 2.40. The first-order valence-corrected chi connectivity index (χ1v) is 9.04. The summed E-state index contributed by atoms with van der Waals surface area (Å²) >= 11 is 7.19. The Bertz CT molecular complexity index is 448. The summed E-state index contributed by atoms with van der Waals surface area (Å²) in [5.41, 5.74) is 7.46. The van der Waals surface area contributed by atoms with E-state index in [9.17, 15) is 0 Å². The number of benzene rings is 1. The van der Waals surface area contributed by atoms with Gasteiger partial charge < -0.3 is 5.73 Å². The topological polar surface area (TPSA) is 29.3 Å². The number of hydrogen-bond donors (Lipinski definition) is 1. The molecule has 0 aromatic heterocycles. The first-order valence-electron chi connectivity index (χ1n) is 7.45. The van der Waals surface area contributed by atoms with Crippen LogP contribution in [0.2, 0.25) is 0 Å². The van der Waals surface area contributed by atoms with E-state index in [-0.39, 0.29) is 0 Å². The van der Waals surface area contributed by atoms with Crippen LogP contribution in [-0.4, -0.2) is 24.0 Å². The van der Waals surface area contributed by atoms with Crippen molar-refractivity contribution >= 4 is 31.9 Å². The molecule has 1 aliphatic rings. The van der Waals surface area contributed by atoms with Gasteiger partial charge in [-0.3, -0.25) is 4.90 Å². The van der Waals surface area contributed by atoms with Crippen LogP contribution >= 0.6 is 31.9 Å². The van der Waals surface area contributed by atoms with Crippen molar-refractivity contribution in [2.75, 3.05) is 13.1 Å². The number of rotatable bonds is 3. The van der Waals surface area contributed by atoms with Gasteiger partial charge in [0.1, 0.15) is 0 Å². The van der Waals surface area contributed by atoms with E-state index in [0.29, 0.717) is 18.0 Å². The molecule has 20 heavy (non-hydrogen) atoms. The number of hydrogen-bond acceptors (Lipinski definition) is 2. The lowest BCUT2D eigenvalue weighted by Gasteiger charge is -2.38. The maximum Gasteiger partial charge on any atom is 0.0391 e. The van der Waals surface area contributed by atoms with Gasteiger partial charge in [-0.25, -0.2) is 0 Å². The van der Waals surface area contributed by atoms with E-state index >= 15 is 0 Å². The normalized spacial score (nSPS) is 24.9. The molecule has 0 bridgehead atoms. The summed E-state index contributed by atoms with van der Waals surface area (Å²) in [6.45, 7) is 6.52. The maximum absolute atomic E-state index is 6.08. The molecule has 2 unspecified atom stereocenters. The third-order valence-electron chi connectivity index (χ3n) is 4.30. The zero-order chi connectivity index (χ0) is 14.7. The van der Waals surface area contributed by atoms with Crippen molar-refractivity contribution in [1.82, 2.24) is 4.90 Å². The van der Waals surface area contributed by atoms with Crippen LogP contribution in [0.15, 0.2) is 27.1 Å². The lowest BCUT2D eigenvalue weighted by Crippen LogP contribution is -2.39. The van der Waals surface area contributed by atoms with Crippen molar-refractivity contribution in [3.8, 4) is 0 Å². The van der Waals surface area contributed by atoms with Crippen molar-refractivity contribution in [2.45, 2.75) is 45.2 Å². The molecule has 2 N–H and O–H groups in total. The highest BCUT2D eigenvalue weighted by atomic mass is 79.9. The second-order valence-corrected chi connectivity index (χ2v) is 7.65. The van der Waals surface area contributed by atoms with E-state index < -0.39 is 0 Å². The van der Waals surface area contributed by atoms with Gasteiger partial charge in [0.2, 0.25) is 0 Å². The van der Waals surface area contributed by atoms with Crippen molar-refractivity contribution in [1.29, 1.82) is 0 Å². The van der Waals surface area contributed by atoms with E-state index in [2.05, 4.69) is 68.8 Å².